The lowest BCUT2D eigenvalue weighted by molar-refractivity contribution is 0.161. The molecule has 2 aromatic carbocycles. The molecular formula is C20H23FO6S. The molecule has 6 nitrogen and oxygen atoms in total. The summed E-state index contributed by atoms with van der Waals surface area (Å²) >= 11 is 0. The highest BCUT2D eigenvalue weighted by Gasteiger charge is 2.31. The molecule has 0 saturated carbocycles. The summed E-state index contributed by atoms with van der Waals surface area (Å²) in [5.74, 6) is -0.175. The van der Waals surface area contributed by atoms with Crippen LogP contribution in [0.4, 0.5) is 4.39 Å². The van der Waals surface area contributed by atoms with Crippen LogP contribution in [0.5, 0.6) is 17.2 Å². The molecule has 3 rings (SSSR count). The first kappa shape index (κ1) is 20.4. The molecule has 0 amide bonds. The number of halogens is 1. The highest BCUT2D eigenvalue weighted by molar-refractivity contribution is 7.91. The van der Waals surface area contributed by atoms with Crippen LogP contribution in [0.3, 0.4) is 0 Å². The monoisotopic (exact) mass is 410 g/mol. The van der Waals surface area contributed by atoms with E-state index in [0.717, 1.165) is 6.42 Å². The molecule has 8 heteroatoms. The van der Waals surface area contributed by atoms with E-state index in [-0.39, 0.29) is 16.4 Å². The zero-order valence-electron chi connectivity index (χ0n) is 15.8. The number of fused-ring (bicyclic) bond motifs is 1. The fourth-order valence-corrected chi connectivity index (χ4v) is 4.16. The highest BCUT2D eigenvalue weighted by Crippen LogP contribution is 2.40. The number of sulfone groups is 1. The van der Waals surface area contributed by atoms with Gasteiger partial charge in [0.05, 0.1) is 19.8 Å². The molecule has 152 valence electrons. The third-order valence-corrected chi connectivity index (χ3v) is 5.94. The number of methoxy groups -OCH3 is 1. The van der Waals surface area contributed by atoms with Crippen molar-refractivity contribution in [3.8, 4) is 17.2 Å². The van der Waals surface area contributed by atoms with Crippen molar-refractivity contribution in [2.45, 2.75) is 37.2 Å². The first-order valence-corrected chi connectivity index (χ1v) is 10.7. The van der Waals surface area contributed by atoms with Gasteiger partial charge in [0, 0.05) is 11.6 Å². The van der Waals surface area contributed by atoms with Crippen LogP contribution in [-0.4, -0.2) is 33.2 Å². The Labute approximate surface area is 163 Å². The molecule has 0 bridgehead atoms. The Morgan fingerprint density at radius 1 is 1.25 bits per heavy atom. The van der Waals surface area contributed by atoms with E-state index in [4.69, 9.17) is 14.2 Å². The van der Waals surface area contributed by atoms with Crippen molar-refractivity contribution in [3.05, 3.63) is 47.3 Å². The summed E-state index contributed by atoms with van der Waals surface area (Å²) < 4.78 is 53.8. The largest absolute Gasteiger partial charge is 0.494 e. The minimum atomic E-state index is -3.50. The van der Waals surface area contributed by atoms with Crippen LogP contribution in [0.2, 0.25) is 0 Å². The van der Waals surface area contributed by atoms with Gasteiger partial charge >= 0.3 is 0 Å². The number of benzene rings is 2. The molecule has 0 aromatic heterocycles. The van der Waals surface area contributed by atoms with Crippen LogP contribution in [0.1, 0.15) is 37.0 Å². The summed E-state index contributed by atoms with van der Waals surface area (Å²) in [6.45, 7) is 2.32. The van der Waals surface area contributed by atoms with Crippen molar-refractivity contribution in [3.63, 3.8) is 0 Å². The molecular weight excluding hydrogens is 387 g/mol. The average Bonchev–Trinajstić information content (AvgIpc) is 2.98. The van der Waals surface area contributed by atoms with Crippen molar-refractivity contribution < 1.29 is 32.1 Å². The van der Waals surface area contributed by atoms with Gasteiger partial charge in [0.15, 0.2) is 17.5 Å². The third kappa shape index (κ3) is 4.23. The zero-order valence-corrected chi connectivity index (χ0v) is 16.6. The lowest BCUT2D eigenvalue weighted by atomic mass is 10.00. The summed E-state index contributed by atoms with van der Waals surface area (Å²) in [6, 6.07) is 7.59. The smallest absolute Gasteiger partial charge is 0.217 e. The minimum absolute atomic E-state index is 0.0757. The Morgan fingerprint density at radius 3 is 2.71 bits per heavy atom. The first-order chi connectivity index (χ1) is 13.4. The van der Waals surface area contributed by atoms with E-state index in [1.165, 1.54) is 25.3 Å². The van der Waals surface area contributed by atoms with E-state index in [1.807, 2.05) is 6.92 Å². The Bertz CT molecular complexity index is 957. The Balaban J connectivity index is 1.82. The van der Waals surface area contributed by atoms with Gasteiger partial charge in [-0.1, -0.05) is 13.0 Å². The van der Waals surface area contributed by atoms with Crippen LogP contribution in [0.25, 0.3) is 0 Å². The second-order valence-corrected chi connectivity index (χ2v) is 8.49. The molecule has 1 aliphatic heterocycles. The van der Waals surface area contributed by atoms with Gasteiger partial charge in [0.1, 0.15) is 16.4 Å². The van der Waals surface area contributed by atoms with Crippen molar-refractivity contribution in [2.75, 3.05) is 19.7 Å². The topological polar surface area (TPSA) is 82.1 Å². The van der Waals surface area contributed by atoms with Crippen molar-refractivity contribution >= 4 is 9.84 Å². The summed E-state index contributed by atoms with van der Waals surface area (Å²) in [7, 11) is -2.10. The van der Waals surface area contributed by atoms with Gasteiger partial charge in [-0.05, 0) is 43.0 Å². The molecule has 1 aliphatic rings. The molecule has 28 heavy (non-hydrogen) atoms. The zero-order chi connectivity index (χ0) is 20.3. The van der Waals surface area contributed by atoms with Gasteiger partial charge in [-0.3, -0.25) is 0 Å². The molecule has 1 N–H and O–H groups in total. The maximum Gasteiger partial charge on any atom is 0.217 e. The quantitative estimate of drug-likeness (QED) is 0.718. The Kier molecular flexibility index (Phi) is 6.10. The minimum Gasteiger partial charge on any atom is -0.494 e. The lowest BCUT2D eigenvalue weighted by Gasteiger charge is -2.17. The second kappa shape index (κ2) is 8.36. The van der Waals surface area contributed by atoms with Gasteiger partial charge in [0.25, 0.3) is 0 Å². The first-order valence-electron chi connectivity index (χ1n) is 9.02. The van der Waals surface area contributed by atoms with Gasteiger partial charge in [-0.2, -0.15) is 0 Å². The maximum atomic E-state index is 13.8. The van der Waals surface area contributed by atoms with Crippen LogP contribution in [0, 0.1) is 5.82 Å². The molecule has 1 atom stereocenters. The molecule has 0 aliphatic carbocycles. The molecule has 0 spiro atoms. The van der Waals surface area contributed by atoms with Gasteiger partial charge < -0.3 is 19.3 Å². The normalized spacial score (nSPS) is 15.6. The second-order valence-electron chi connectivity index (χ2n) is 6.59. The Hall–Kier alpha value is -2.32. The van der Waals surface area contributed by atoms with Crippen LogP contribution >= 0.6 is 0 Å². The van der Waals surface area contributed by atoms with Crippen LogP contribution < -0.4 is 14.2 Å². The van der Waals surface area contributed by atoms with E-state index >= 15 is 0 Å². The summed E-state index contributed by atoms with van der Waals surface area (Å²) in [5.41, 5.74) is 1.17. The van der Waals surface area contributed by atoms with Crippen molar-refractivity contribution in [1.29, 1.82) is 0 Å². The van der Waals surface area contributed by atoms with E-state index in [0.29, 0.717) is 36.3 Å². The fourth-order valence-electron chi connectivity index (χ4n) is 3.04. The lowest BCUT2D eigenvalue weighted by Crippen LogP contribution is -2.06. The van der Waals surface area contributed by atoms with Crippen LogP contribution in [0.15, 0.2) is 35.2 Å². The number of aliphatic hydroxyl groups is 1. The Morgan fingerprint density at radius 2 is 2.04 bits per heavy atom. The standard InChI is InChI=1S/C20H23FO6S/c1-3-8-26-18-11-20-19(27-12-28(20,23)24)10-14(18)16(22)6-4-13-5-7-17(25-2)15(21)9-13/h5,7,9-11,16,22H,3-4,6,8,12H2,1-2H3. The van der Waals surface area contributed by atoms with E-state index < -0.39 is 27.7 Å². The molecule has 0 saturated heterocycles. The maximum absolute atomic E-state index is 13.8. The van der Waals surface area contributed by atoms with Crippen LogP contribution in [-0.2, 0) is 16.3 Å². The SMILES string of the molecule is CCCOc1cc2c(cc1C(O)CCc1ccc(OC)c(F)c1)OCS2(=O)=O. The summed E-state index contributed by atoms with van der Waals surface area (Å²) in [5, 5.41) is 10.7. The number of hydrogen-bond donors (Lipinski definition) is 1. The summed E-state index contributed by atoms with van der Waals surface area (Å²) in [4.78, 5) is 0.0757. The average molecular weight is 410 g/mol. The summed E-state index contributed by atoms with van der Waals surface area (Å²) in [6.07, 6.45) is 0.543. The predicted molar refractivity (Wildman–Crippen MR) is 101 cm³/mol. The van der Waals surface area contributed by atoms with Crippen molar-refractivity contribution in [2.24, 2.45) is 0 Å². The predicted octanol–water partition coefficient (Wildman–Crippen LogP) is 3.41. The van der Waals surface area contributed by atoms with Crippen molar-refractivity contribution in [1.82, 2.24) is 0 Å². The number of aliphatic hydroxyl groups excluding tert-OH is 1. The highest BCUT2D eigenvalue weighted by atomic mass is 32.2. The van der Waals surface area contributed by atoms with E-state index in [1.54, 1.807) is 12.1 Å². The van der Waals surface area contributed by atoms with Gasteiger partial charge in [0.2, 0.25) is 9.84 Å². The number of rotatable bonds is 8. The number of ether oxygens (including phenoxy) is 3. The number of hydrogen-bond acceptors (Lipinski definition) is 6. The van der Waals surface area contributed by atoms with E-state index in [9.17, 15) is 17.9 Å². The number of aryl methyl sites for hydroxylation is 1. The molecule has 1 heterocycles. The van der Waals surface area contributed by atoms with Gasteiger partial charge in [-0.15, -0.1) is 0 Å². The molecule has 0 fully saturated rings. The van der Waals surface area contributed by atoms with Gasteiger partial charge in [-0.25, -0.2) is 12.8 Å². The van der Waals surface area contributed by atoms with E-state index in [2.05, 4.69) is 0 Å². The fraction of sp³-hybridized carbons (Fsp3) is 0.400. The molecule has 0 radical (unpaired) electrons. The third-order valence-electron chi connectivity index (χ3n) is 4.52. The molecule has 1 unspecified atom stereocenters. The molecule has 2 aromatic rings.